The van der Waals surface area contributed by atoms with Crippen LogP contribution in [0, 0.1) is 5.92 Å². The summed E-state index contributed by atoms with van der Waals surface area (Å²) in [5.74, 6) is 0.857. The summed E-state index contributed by atoms with van der Waals surface area (Å²) < 4.78 is 2.12. The van der Waals surface area contributed by atoms with Crippen molar-refractivity contribution in [2.75, 3.05) is 13.1 Å². The van der Waals surface area contributed by atoms with Gasteiger partial charge < -0.3 is 4.90 Å². The summed E-state index contributed by atoms with van der Waals surface area (Å²) in [6.45, 7) is 2.63. The Bertz CT molecular complexity index is 1160. The minimum Gasteiger partial charge on any atom is -0.343 e. The van der Waals surface area contributed by atoms with Gasteiger partial charge >= 0.3 is 0 Å². The maximum Gasteiger partial charge on any atom is 0.222 e. The lowest BCUT2D eigenvalue weighted by molar-refractivity contribution is -0.132. The van der Waals surface area contributed by atoms with Crippen molar-refractivity contribution in [3.63, 3.8) is 0 Å². The van der Waals surface area contributed by atoms with Crippen molar-refractivity contribution >= 4 is 16.8 Å². The molecule has 1 fully saturated rings. The quantitative estimate of drug-likeness (QED) is 0.465. The molecular formula is C26H29N5O. The van der Waals surface area contributed by atoms with Crippen molar-refractivity contribution in [2.45, 2.75) is 38.6 Å². The fraction of sp³-hybridized carbons (Fsp3) is 0.346. The standard InChI is InChI=1S/C26H29N5O/c32-26(8-4-7-20-5-2-1-3-6-20)30-13-11-21(12-14-30)19-31-25-10-9-22(15-23(25)18-29-31)24-16-27-28-17-24/h1-3,5-6,9-10,15-18,21H,4,7-8,11-14,19H2,(H,27,28). The van der Waals surface area contributed by atoms with Gasteiger partial charge in [0.2, 0.25) is 5.91 Å². The van der Waals surface area contributed by atoms with Crippen LogP contribution in [0.2, 0.25) is 0 Å². The molecule has 0 bridgehead atoms. The number of amides is 1. The van der Waals surface area contributed by atoms with Gasteiger partial charge in [0.15, 0.2) is 0 Å². The zero-order valence-electron chi connectivity index (χ0n) is 18.3. The molecule has 2 aromatic heterocycles. The molecule has 0 atom stereocenters. The Balaban J connectivity index is 1.12. The molecule has 2 aromatic carbocycles. The number of rotatable bonds is 7. The second-order valence-corrected chi connectivity index (χ2v) is 8.75. The largest absolute Gasteiger partial charge is 0.343 e. The van der Waals surface area contributed by atoms with Crippen LogP contribution in [0.1, 0.15) is 31.2 Å². The molecule has 1 aliphatic heterocycles. The highest BCUT2D eigenvalue weighted by Crippen LogP contribution is 2.26. The molecule has 1 aliphatic rings. The van der Waals surface area contributed by atoms with Gasteiger partial charge in [-0.05, 0) is 54.9 Å². The molecule has 6 heteroatoms. The van der Waals surface area contributed by atoms with Gasteiger partial charge in [0.05, 0.1) is 17.9 Å². The van der Waals surface area contributed by atoms with Crippen LogP contribution in [-0.4, -0.2) is 43.9 Å². The third-order valence-corrected chi connectivity index (χ3v) is 6.57. The van der Waals surface area contributed by atoms with Gasteiger partial charge in [-0.25, -0.2) is 0 Å². The normalized spacial score (nSPS) is 14.8. The highest BCUT2D eigenvalue weighted by molar-refractivity contribution is 5.84. The monoisotopic (exact) mass is 427 g/mol. The number of fused-ring (bicyclic) bond motifs is 1. The number of aromatic amines is 1. The number of carbonyl (C=O) groups excluding carboxylic acids is 1. The first kappa shape index (κ1) is 20.5. The second-order valence-electron chi connectivity index (χ2n) is 8.75. The van der Waals surface area contributed by atoms with Crippen molar-refractivity contribution in [3.8, 4) is 11.1 Å². The fourth-order valence-electron chi connectivity index (χ4n) is 4.68. The molecule has 164 valence electrons. The molecule has 0 saturated carbocycles. The zero-order valence-corrected chi connectivity index (χ0v) is 18.3. The van der Waals surface area contributed by atoms with Gasteiger partial charge in [-0.3, -0.25) is 14.6 Å². The van der Waals surface area contributed by atoms with E-state index < -0.39 is 0 Å². The summed E-state index contributed by atoms with van der Waals surface area (Å²) in [6, 6.07) is 16.9. The average molecular weight is 428 g/mol. The zero-order chi connectivity index (χ0) is 21.8. The number of piperidine rings is 1. The highest BCUT2D eigenvalue weighted by atomic mass is 16.2. The van der Waals surface area contributed by atoms with Gasteiger partial charge in [0, 0.05) is 43.2 Å². The number of benzene rings is 2. The van der Waals surface area contributed by atoms with Crippen LogP contribution in [0.5, 0.6) is 0 Å². The summed E-state index contributed by atoms with van der Waals surface area (Å²) in [6.07, 6.45) is 10.3. The first-order valence-corrected chi connectivity index (χ1v) is 11.5. The average Bonchev–Trinajstić information content (AvgIpc) is 3.51. The number of hydrogen-bond acceptors (Lipinski definition) is 3. The molecule has 3 heterocycles. The Morgan fingerprint density at radius 1 is 1.03 bits per heavy atom. The van der Waals surface area contributed by atoms with E-state index in [1.165, 1.54) is 5.56 Å². The van der Waals surface area contributed by atoms with Crippen LogP contribution < -0.4 is 0 Å². The Kier molecular flexibility index (Phi) is 6.01. The number of likely N-dealkylation sites (tertiary alicyclic amines) is 1. The molecule has 0 aliphatic carbocycles. The number of H-pyrrole nitrogens is 1. The van der Waals surface area contributed by atoms with E-state index >= 15 is 0 Å². The molecule has 32 heavy (non-hydrogen) atoms. The second kappa shape index (κ2) is 9.39. The number of aryl methyl sites for hydroxylation is 1. The van der Waals surface area contributed by atoms with Gasteiger partial charge in [0.1, 0.15) is 0 Å². The molecule has 1 amide bonds. The van der Waals surface area contributed by atoms with E-state index in [4.69, 9.17) is 0 Å². The number of nitrogens with one attached hydrogen (secondary N) is 1. The molecule has 5 rings (SSSR count). The van der Waals surface area contributed by atoms with E-state index in [0.717, 1.165) is 67.3 Å². The third-order valence-electron chi connectivity index (χ3n) is 6.57. The minimum atomic E-state index is 0.302. The summed E-state index contributed by atoms with van der Waals surface area (Å²) in [5.41, 5.74) is 4.70. The lowest BCUT2D eigenvalue weighted by Crippen LogP contribution is -2.39. The summed E-state index contributed by atoms with van der Waals surface area (Å²) in [5, 5.41) is 12.7. The summed E-state index contributed by atoms with van der Waals surface area (Å²) in [4.78, 5) is 14.7. The van der Waals surface area contributed by atoms with Crippen molar-refractivity contribution in [3.05, 3.63) is 72.7 Å². The van der Waals surface area contributed by atoms with Crippen molar-refractivity contribution in [1.82, 2.24) is 24.9 Å². The number of hydrogen-bond donors (Lipinski definition) is 1. The van der Waals surface area contributed by atoms with E-state index in [1.54, 1.807) is 0 Å². The molecule has 6 nitrogen and oxygen atoms in total. The lowest BCUT2D eigenvalue weighted by atomic mass is 9.96. The van der Waals surface area contributed by atoms with E-state index in [1.807, 2.05) is 24.7 Å². The minimum absolute atomic E-state index is 0.302. The predicted molar refractivity (Wildman–Crippen MR) is 126 cm³/mol. The topological polar surface area (TPSA) is 66.8 Å². The lowest BCUT2D eigenvalue weighted by Gasteiger charge is -2.32. The molecule has 1 saturated heterocycles. The van der Waals surface area contributed by atoms with E-state index in [0.29, 0.717) is 18.2 Å². The fourth-order valence-corrected chi connectivity index (χ4v) is 4.68. The number of carbonyl (C=O) groups is 1. The van der Waals surface area contributed by atoms with Crippen molar-refractivity contribution in [1.29, 1.82) is 0 Å². The van der Waals surface area contributed by atoms with Crippen molar-refractivity contribution in [2.24, 2.45) is 5.92 Å². The van der Waals surface area contributed by atoms with E-state index in [2.05, 4.69) is 67.3 Å². The van der Waals surface area contributed by atoms with E-state index in [9.17, 15) is 4.79 Å². The van der Waals surface area contributed by atoms with Crippen LogP contribution in [0.4, 0.5) is 0 Å². The van der Waals surface area contributed by atoms with Crippen LogP contribution in [-0.2, 0) is 17.8 Å². The van der Waals surface area contributed by atoms with Crippen LogP contribution in [0.3, 0.4) is 0 Å². The Hall–Kier alpha value is -3.41. The summed E-state index contributed by atoms with van der Waals surface area (Å²) >= 11 is 0. The Morgan fingerprint density at radius 2 is 1.88 bits per heavy atom. The van der Waals surface area contributed by atoms with Gasteiger partial charge in [-0.2, -0.15) is 10.2 Å². The van der Waals surface area contributed by atoms with Gasteiger partial charge in [0.25, 0.3) is 0 Å². The first-order chi connectivity index (χ1) is 15.8. The summed E-state index contributed by atoms with van der Waals surface area (Å²) in [7, 11) is 0. The molecule has 0 spiro atoms. The van der Waals surface area contributed by atoms with Crippen molar-refractivity contribution < 1.29 is 4.79 Å². The first-order valence-electron chi connectivity index (χ1n) is 11.5. The SMILES string of the molecule is O=C(CCCc1ccccc1)N1CCC(Cn2ncc3cc(-c4cn[nH]c4)ccc32)CC1. The third kappa shape index (κ3) is 4.59. The number of aromatic nitrogens is 4. The van der Waals surface area contributed by atoms with Gasteiger partial charge in [-0.1, -0.05) is 36.4 Å². The van der Waals surface area contributed by atoms with Crippen LogP contribution in [0.25, 0.3) is 22.0 Å². The highest BCUT2D eigenvalue weighted by Gasteiger charge is 2.23. The smallest absolute Gasteiger partial charge is 0.222 e. The molecular weight excluding hydrogens is 398 g/mol. The van der Waals surface area contributed by atoms with Crippen LogP contribution in [0.15, 0.2) is 67.1 Å². The maximum absolute atomic E-state index is 12.6. The van der Waals surface area contributed by atoms with Crippen LogP contribution >= 0.6 is 0 Å². The Morgan fingerprint density at radius 3 is 2.66 bits per heavy atom. The maximum atomic E-state index is 12.6. The predicted octanol–water partition coefficient (Wildman–Crippen LogP) is 4.69. The molecule has 0 radical (unpaired) electrons. The van der Waals surface area contributed by atoms with Gasteiger partial charge in [-0.15, -0.1) is 0 Å². The Labute approximate surface area is 188 Å². The molecule has 0 unspecified atom stereocenters. The molecule has 1 N–H and O–H groups in total. The number of nitrogens with zero attached hydrogens (tertiary/aromatic N) is 4. The van der Waals surface area contributed by atoms with E-state index in [-0.39, 0.29) is 0 Å². The molecule has 4 aromatic rings.